The first kappa shape index (κ1) is 31.6. The summed E-state index contributed by atoms with van der Waals surface area (Å²) in [6.07, 6.45) is 1.83. The molecule has 0 saturated heterocycles. The highest BCUT2D eigenvalue weighted by Gasteiger charge is 2.26. The summed E-state index contributed by atoms with van der Waals surface area (Å²) in [6, 6.07) is 0. The third kappa shape index (κ3) is 17.1. The van der Waals surface area contributed by atoms with E-state index in [-0.39, 0.29) is 96.6 Å². The predicted octanol–water partition coefficient (Wildman–Crippen LogP) is -0.136. The molecule has 0 aliphatic rings. The summed E-state index contributed by atoms with van der Waals surface area (Å²) in [7, 11) is 0. The molecule has 0 amide bonds. The Kier molecular flexibility index (Phi) is 22.1. The van der Waals surface area contributed by atoms with Crippen molar-refractivity contribution in [3.8, 4) is 0 Å². The van der Waals surface area contributed by atoms with Crippen LogP contribution in [0.4, 0.5) is 0 Å². The normalized spacial score (nSPS) is 16.6. The first-order valence-corrected chi connectivity index (χ1v) is 11.7. The van der Waals surface area contributed by atoms with Crippen LogP contribution in [-0.2, 0) is 23.7 Å². The molecule has 0 radical (unpaired) electrons. The average Bonchev–Trinajstić information content (AvgIpc) is 2.80. The molecular formula is C22H46O10. The van der Waals surface area contributed by atoms with Crippen LogP contribution in [0.2, 0.25) is 0 Å². The lowest BCUT2D eigenvalue weighted by Crippen LogP contribution is -2.34. The fourth-order valence-electron chi connectivity index (χ4n) is 3.50. The highest BCUT2D eigenvalue weighted by atomic mass is 16.5. The summed E-state index contributed by atoms with van der Waals surface area (Å²) < 4.78 is 28.7. The van der Waals surface area contributed by atoms with E-state index >= 15 is 0 Å². The van der Waals surface area contributed by atoms with Gasteiger partial charge < -0.3 is 49.2 Å². The van der Waals surface area contributed by atoms with Crippen LogP contribution < -0.4 is 0 Å². The molecule has 0 aromatic heterocycles. The van der Waals surface area contributed by atoms with Gasteiger partial charge in [-0.3, -0.25) is 0 Å². The van der Waals surface area contributed by atoms with Crippen molar-refractivity contribution in [2.24, 2.45) is 0 Å². The standard InChI is InChI=1S/C22H46O10/c1-3-19(29-10-5-24)15-21(31-12-7-26)17-22(32-13-8-27)16-20(30-11-6-25)14-18(2)28-9-4-23/h18-27H,3-17H2,1-2H3. The minimum atomic E-state index is -0.296. The molecule has 32 heavy (non-hydrogen) atoms. The minimum Gasteiger partial charge on any atom is -0.394 e. The molecule has 0 saturated carbocycles. The van der Waals surface area contributed by atoms with Crippen molar-refractivity contribution in [3.05, 3.63) is 0 Å². The SMILES string of the molecule is CCC(CC(CC(CC(CC(C)OCCO)OCCO)OCCO)OCCO)OCCO. The van der Waals surface area contributed by atoms with Crippen molar-refractivity contribution in [3.63, 3.8) is 0 Å². The molecule has 0 rings (SSSR count). The van der Waals surface area contributed by atoms with E-state index in [1.807, 2.05) is 13.8 Å². The zero-order valence-electron chi connectivity index (χ0n) is 19.8. The second kappa shape index (κ2) is 22.4. The van der Waals surface area contributed by atoms with Gasteiger partial charge in [-0.15, -0.1) is 0 Å². The van der Waals surface area contributed by atoms with Gasteiger partial charge in [0.2, 0.25) is 0 Å². The second-order valence-electron chi connectivity index (χ2n) is 7.62. The quantitative estimate of drug-likeness (QED) is 0.129. The number of hydrogen-bond acceptors (Lipinski definition) is 10. The Labute approximate surface area is 192 Å². The van der Waals surface area contributed by atoms with Crippen molar-refractivity contribution < 1.29 is 49.2 Å². The maximum absolute atomic E-state index is 9.25. The smallest absolute Gasteiger partial charge is 0.0701 e. The fraction of sp³-hybridized carbons (Fsp3) is 1.00. The van der Waals surface area contributed by atoms with Gasteiger partial charge in [0.25, 0.3) is 0 Å². The molecule has 0 heterocycles. The molecule has 0 aliphatic heterocycles. The molecule has 10 heteroatoms. The van der Waals surface area contributed by atoms with Gasteiger partial charge in [-0.1, -0.05) is 6.92 Å². The van der Waals surface area contributed by atoms with Crippen LogP contribution in [0, 0.1) is 0 Å². The van der Waals surface area contributed by atoms with E-state index in [0.717, 1.165) is 6.42 Å². The van der Waals surface area contributed by atoms with Crippen LogP contribution in [0.15, 0.2) is 0 Å². The summed E-state index contributed by atoms with van der Waals surface area (Å²) in [5.74, 6) is 0. The van der Waals surface area contributed by atoms with Gasteiger partial charge in [-0.2, -0.15) is 0 Å². The Hall–Kier alpha value is -0.400. The average molecular weight is 471 g/mol. The largest absolute Gasteiger partial charge is 0.394 e. The van der Waals surface area contributed by atoms with Gasteiger partial charge >= 0.3 is 0 Å². The van der Waals surface area contributed by atoms with Crippen LogP contribution >= 0.6 is 0 Å². The van der Waals surface area contributed by atoms with E-state index in [1.165, 1.54) is 0 Å². The van der Waals surface area contributed by atoms with E-state index in [1.54, 1.807) is 0 Å². The molecule has 194 valence electrons. The van der Waals surface area contributed by atoms with Crippen molar-refractivity contribution >= 4 is 0 Å². The van der Waals surface area contributed by atoms with Gasteiger partial charge in [0.1, 0.15) is 0 Å². The number of hydrogen-bond donors (Lipinski definition) is 5. The zero-order chi connectivity index (χ0) is 24.0. The molecule has 0 fully saturated rings. The predicted molar refractivity (Wildman–Crippen MR) is 119 cm³/mol. The summed E-state index contributed by atoms with van der Waals surface area (Å²) >= 11 is 0. The Morgan fingerprint density at radius 1 is 0.469 bits per heavy atom. The van der Waals surface area contributed by atoms with Crippen LogP contribution in [0.3, 0.4) is 0 Å². The van der Waals surface area contributed by atoms with E-state index < -0.39 is 0 Å². The minimum absolute atomic E-state index is 0.0543. The van der Waals surface area contributed by atoms with Crippen molar-refractivity contribution in [2.75, 3.05) is 66.1 Å². The summed E-state index contributed by atoms with van der Waals surface area (Å²) in [6.45, 7) is 4.47. The monoisotopic (exact) mass is 470 g/mol. The molecule has 5 unspecified atom stereocenters. The third-order valence-corrected chi connectivity index (χ3v) is 4.90. The Bertz CT molecular complexity index is 388. The molecule has 0 aromatic rings. The molecule has 0 aromatic carbocycles. The Morgan fingerprint density at radius 3 is 1.16 bits per heavy atom. The molecule has 0 bridgehead atoms. The third-order valence-electron chi connectivity index (χ3n) is 4.90. The summed E-state index contributed by atoms with van der Waals surface area (Å²) in [5, 5.41) is 45.6. The zero-order valence-corrected chi connectivity index (χ0v) is 19.8. The van der Waals surface area contributed by atoms with E-state index in [0.29, 0.717) is 25.7 Å². The van der Waals surface area contributed by atoms with E-state index in [2.05, 4.69) is 0 Å². The number of aliphatic hydroxyl groups is 5. The lowest BCUT2D eigenvalue weighted by molar-refractivity contribution is -0.0852. The fourth-order valence-corrected chi connectivity index (χ4v) is 3.50. The Balaban J connectivity index is 5.17. The van der Waals surface area contributed by atoms with Gasteiger partial charge in [0.05, 0.1) is 96.6 Å². The van der Waals surface area contributed by atoms with Gasteiger partial charge in [0.15, 0.2) is 0 Å². The molecular weight excluding hydrogens is 424 g/mol. The highest BCUT2D eigenvalue weighted by Crippen LogP contribution is 2.22. The van der Waals surface area contributed by atoms with Crippen molar-refractivity contribution in [1.29, 1.82) is 0 Å². The van der Waals surface area contributed by atoms with Crippen molar-refractivity contribution in [1.82, 2.24) is 0 Å². The maximum Gasteiger partial charge on any atom is 0.0701 e. The lowest BCUT2D eigenvalue weighted by Gasteiger charge is -2.30. The van der Waals surface area contributed by atoms with Crippen molar-refractivity contribution in [2.45, 2.75) is 76.5 Å². The van der Waals surface area contributed by atoms with Gasteiger partial charge in [0, 0.05) is 0 Å². The molecule has 0 aliphatic carbocycles. The highest BCUT2D eigenvalue weighted by molar-refractivity contribution is 4.76. The van der Waals surface area contributed by atoms with Crippen LogP contribution in [0.1, 0.15) is 46.0 Å². The number of rotatable bonds is 24. The van der Waals surface area contributed by atoms with Gasteiger partial charge in [-0.25, -0.2) is 0 Å². The van der Waals surface area contributed by atoms with Crippen LogP contribution in [-0.4, -0.2) is 122 Å². The molecule has 0 spiro atoms. The number of aliphatic hydroxyl groups excluding tert-OH is 5. The van der Waals surface area contributed by atoms with Crippen LogP contribution in [0.5, 0.6) is 0 Å². The second-order valence-corrected chi connectivity index (χ2v) is 7.62. The topological polar surface area (TPSA) is 147 Å². The summed E-state index contributed by atoms with van der Waals surface area (Å²) in [5.41, 5.74) is 0. The first-order valence-electron chi connectivity index (χ1n) is 11.7. The van der Waals surface area contributed by atoms with E-state index in [4.69, 9.17) is 33.9 Å². The maximum atomic E-state index is 9.25. The van der Waals surface area contributed by atoms with E-state index in [9.17, 15) is 15.3 Å². The Morgan fingerprint density at radius 2 is 0.781 bits per heavy atom. The molecule has 10 nitrogen and oxygen atoms in total. The number of ether oxygens (including phenoxy) is 5. The lowest BCUT2D eigenvalue weighted by atomic mass is 9.98. The van der Waals surface area contributed by atoms with Crippen LogP contribution in [0.25, 0.3) is 0 Å². The molecule has 5 N–H and O–H groups in total. The molecule has 5 atom stereocenters. The summed E-state index contributed by atoms with van der Waals surface area (Å²) in [4.78, 5) is 0. The van der Waals surface area contributed by atoms with Gasteiger partial charge in [-0.05, 0) is 39.0 Å². The first-order chi connectivity index (χ1) is 15.5.